The summed E-state index contributed by atoms with van der Waals surface area (Å²) in [7, 11) is 0. The molecule has 31 heavy (non-hydrogen) atoms. The number of nitrogens with zero attached hydrogens (tertiary/aromatic N) is 4. The molecule has 0 radical (unpaired) electrons. The van der Waals surface area contributed by atoms with Gasteiger partial charge >= 0.3 is 0 Å². The Balaban J connectivity index is 1.35. The van der Waals surface area contributed by atoms with E-state index in [0.29, 0.717) is 38.4 Å². The maximum absolute atomic E-state index is 13.0. The standard InChI is InChI=1S/C22H28N4O4S/c27-22(17-23(15-18-5-3-13-30-18)16-19-6-4-14-31-19)25-11-9-24(10-12-25)20-7-1-2-8-21(20)26(28)29/h1-2,4,6-8,14,18H,3,5,9-13,15-17H2/t18-/m1/s1. The van der Waals surface area contributed by atoms with Gasteiger partial charge in [0.15, 0.2) is 0 Å². The molecule has 0 saturated carbocycles. The molecule has 4 rings (SSSR count). The molecule has 166 valence electrons. The number of thiophene rings is 1. The summed E-state index contributed by atoms with van der Waals surface area (Å²) in [5, 5.41) is 13.4. The summed E-state index contributed by atoms with van der Waals surface area (Å²) >= 11 is 1.70. The molecule has 0 bridgehead atoms. The van der Waals surface area contributed by atoms with Crippen molar-refractivity contribution in [2.75, 3.05) is 50.8 Å². The highest BCUT2D eigenvalue weighted by atomic mass is 32.1. The van der Waals surface area contributed by atoms with Crippen molar-refractivity contribution in [2.24, 2.45) is 0 Å². The van der Waals surface area contributed by atoms with Crippen LogP contribution in [0.15, 0.2) is 41.8 Å². The lowest BCUT2D eigenvalue weighted by Gasteiger charge is -2.37. The summed E-state index contributed by atoms with van der Waals surface area (Å²) in [4.78, 5) is 31.3. The van der Waals surface area contributed by atoms with Gasteiger partial charge in [0.05, 0.1) is 17.6 Å². The second kappa shape index (κ2) is 10.2. The number of para-hydroxylation sites is 2. The first-order valence-electron chi connectivity index (χ1n) is 10.7. The van der Waals surface area contributed by atoms with Crippen molar-refractivity contribution in [3.8, 4) is 0 Å². The largest absolute Gasteiger partial charge is 0.377 e. The fourth-order valence-corrected chi connectivity index (χ4v) is 5.00. The van der Waals surface area contributed by atoms with E-state index in [0.717, 1.165) is 32.5 Å². The number of hydrogen-bond acceptors (Lipinski definition) is 7. The van der Waals surface area contributed by atoms with E-state index in [1.165, 1.54) is 10.9 Å². The van der Waals surface area contributed by atoms with E-state index in [2.05, 4.69) is 16.3 Å². The molecule has 2 saturated heterocycles. The number of carbonyl (C=O) groups is 1. The number of piperazine rings is 1. The molecule has 2 aromatic rings. The number of nitro benzene ring substituents is 1. The fraction of sp³-hybridized carbons (Fsp3) is 0.500. The van der Waals surface area contributed by atoms with Crippen molar-refractivity contribution < 1.29 is 14.5 Å². The third-order valence-electron chi connectivity index (χ3n) is 5.86. The summed E-state index contributed by atoms with van der Waals surface area (Å²) in [6.45, 7) is 5.00. The van der Waals surface area contributed by atoms with E-state index in [4.69, 9.17) is 4.74 Å². The van der Waals surface area contributed by atoms with Crippen molar-refractivity contribution in [3.05, 3.63) is 56.8 Å². The lowest BCUT2D eigenvalue weighted by Crippen LogP contribution is -2.51. The van der Waals surface area contributed by atoms with Crippen LogP contribution in [0.25, 0.3) is 0 Å². The molecule has 9 heteroatoms. The van der Waals surface area contributed by atoms with Gasteiger partial charge in [-0.25, -0.2) is 0 Å². The Bertz CT molecular complexity index is 877. The van der Waals surface area contributed by atoms with Gasteiger partial charge < -0.3 is 14.5 Å². The monoisotopic (exact) mass is 444 g/mol. The van der Waals surface area contributed by atoms with Crippen LogP contribution >= 0.6 is 11.3 Å². The van der Waals surface area contributed by atoms with Crippen LogP contribution in [0.1, 0.15) is 17.7 Å². The maximum Gasteiger partial charge on any atom is 0.292 e. The maximum atomic E-state index is 13.0. The number of hydrogen-bond donors (Lipinski definition) is 0. The van der Waals surface area contributed by atoms with E-state index in [9.17, 15) is 14.9 Å². The molecule has 0 N–H and O–H groups in total. The molecule has 1 aromatic carbocycles. The molecule has 2 aliphatic rings. The molecule has 3 heterocycles. The highest BCUT2D eigenvalue weighted by Crippen LogP contribution is 2.28. The smallest absolute Gasteiger partial charge is 0.292 e. The van der Waals surface area contributed by atoms with Crippen LogP contribution in [0.4, 0.5) is 11.4 Å². The predicted molar refractivity (Wildman–Crippen MR) is 120 cm³/mol. The Morgan fingerprint density at radius 2 is 2.00 bits per heavy atom. The van der Waals surface area contributed by atoms with Crippen LogP contribution in [0.3, 0.4) is 0 Å². The van der Waals surface area contributed by atoms with Crippen molar-refractivity contribution in [1.29, 1.82) is 0 Å². The SMILES string of the molecule is O=C(CN(Cc1cccs1)C[C@H]1CCCO1)N1CCN(c2ccccc2[N+](=O)[O-])CC1. The van der Waals surface area contributed by atoms with Gasteiger partial charge in [-0.15, -0.1) is 11.3 Å². The molecular formula is C22H28N4O4S. The third kappa shape index (κ3) is 5.61. The Morgan fingerprint density at radius 1 is 1.19 bits per heavy atom. The first-order chi connectivity index (χ1) is 15.1. The van der Waals surface area contributed by atoms with Gasteiger partial charge in [0.25, 0.3) is 5.69 Å². The first kappa shape index (κ1) is 21.7. The van der Waals surface area contributed by atoms with Crippen molar-refractivity contribution in [3.63, 3.8) is 0 Å². The summed E-state index contributed by atoms with van der Waals surface area (Å²) < 4.78 is 5.80. The van der Waals surface area contributed by atoms with Gasteiger partial charge in [0.2, 0.25) is 5.91 Å². The van der Waals surface area contributed by atoms with Crippen LogP contribution in [0.2, 0.25) is 0 Å². The lowest BCUT2D eigenvalue weighted by molar-refractivity contribution is -0.384. The lowest BCUT2D eigenvalue weighted by atomic mass is 10.2. The Morgan fingerprint density at radius 3 is 2.68 bits per heavy atom. The summed E-state index contributed by atoms with van der Waals surface area (Å²) in [5.41, 5.74) is 0.735. The molecule has 1 atom stereocenters. The second-order valence-electron chi connectivity index (χ2n) is 8.00. The van der Waals surface area contributed by atoms with Crippen molar-refractivity contribution in [2.45, 2.75) is 25.5 Å². The number of amides is 1. The number of nitro groups is 1. The molecule has 0 aliphatic carbocycles. The van der Waals surface area contributed by atoms with Crippen LogP contribution in [0, 0.1) is 10.1 Å². The Labute approximate surface area is 186 Å². The van der Waals surface area contributed by atoms with Crippen LogP contribution in [0.5, 0.6) is 0 Å². The molecule has 2 aliphatic heterocycles. The summed E-state index contributed by atoms with van der Waals surface area (Å²) in [6, 6.07) is 10.9. The average molecular weight is 445 g/mol. The third-order valence-corrected chi connectivity index (χ3v) is 6.72. The van der Waals surface area contributed by atoms with E-state index < -0.39 is 0 Å². The van der Waals surface area contributed by atoms with E-state index in [1.54, 1.807) is 23.5 Å². The molecule has 0 unspecified atom stereocenters. The zero-order valence-electron chi connectivity index (χ0n) is 17.5. The quantitative estimate of drug-likeness (QED) is 0.460. The zero-order valence-corrected chi connectivity index (χ0v) is 18.3. The number of benzene rings is 1. The normalized spacial score (nSPS) is 19.2. The molecule has 0 spiro atoms. The summed E-state index contributed by atoms with van der Waals surface area (Å²) in [6.07, 6.45) is 2.33. The van der Waals surface area contributed by atoms with E-state index in [-0.39, 0.29) is 22.6 Å². The number of rotatable bonds is 8. The number of carbonyl (C=O) groups excluding carboxylic acids is 1. The van der Waals surface area contributed by atoms with Gasteiger partial charge in [-0.3, -0.25) is 19.8 Å². The van der Waals surface area contributed by atoms with Gasteiger partial charge in [-0.05, 0) is 30.4 Å². The van der Waals surface area contributed by atoms with E-state index >= 15 is 0 Å². The molecule has 2 fully saturated rings. The van der Waals surface area contributed by atoms with Gasteiger partial charge in [-0.2, -0.15) is 0 Å². The molecule has 8 nitrogen and oxygen atoms in total. The highest BCUT2D eigenvalue weighted by Gasteiger charge is 2.27. The molecule has 1 amide bonds. The minimum absolute atomic E-state index is 0.108. The second-order valence-corrected chi connectivity index (χ2v) is 9.03. The van der Waals surface area contributed by atoms with Gasteiger partial charge in [-0.1, -0.05) is 18.2 Å². The topological polar surface area (TPSA) is 79.2 Å². The average Bonchev–Trinajstić information content (AvgIpc) is 3.48. The van der Waals surface area contributed by atoms with Crippen LogP contribution in [-0.4, -0.2) is 72.6 Å². The minimum Gasteiger partial charge on any atom is -0.377 e. The number of ether oxygens (including phenoxy) is 1. The Kier molecular flexibility index (Phi) is 7.16. The van der Waals surface area contributed by atoms with Crippen LogP contribution in [-0.2, 0) is 16.1 Å². The Hall–Kier alpha value is -2.49. The van der Waals surface area contributed by atoms with E-state index in [1.807, 2.05) is 21.9 Å². The van der Waals surface area contributed by atoms with Crippen molar-refractivity contribution >= 4 is 28.6 Å². The van der Waals surface area contributed by atoms with Gasteiger partial charge in [0, 0.05) is 56.8 Å². The predicted octanol–water partition coefficient (Wildman–Crippen LogP) is 2.99. The highest BCUT2D eigenvalue weighted by molar-refractivity contribution is 7.09. The van der Waals surface area contributed by atoms with Crippen LogP contribution < -0.4 is 4.90 Å². The first-order valence-corrected chi connectivity index (χ1v) is 11.6. The van der Waals surface area contributed by atoms with Crippen molar-refractivity contribution in [1.82, 2.24) is 9.80 Å². The minimum atomic E-state index is -0.347. The summed E-state index contributed by atoms with van der Waals surface area (Å²) in [5.74, 6) is 0.108. The zero-order chi connectivity index (χ0) is 21.6. The molecular weight excluding hydrogens is 416 g/mol. The number of anilines is 1. The molecule has 1 aromatic heterocycles. The van der Waals surface area contributed by atoms with Gasteiger partial charge in [0.1, 0.15) is 5.69 Å². The fourth-order valence-electron chi connectivity index (χ4n) is 4.26.